The van der Waals surface area contributed by atoms with Crippen LogP contribution in [0.1, 0.15) is 0 Å². The fourth-order valence-electron chi connectivity index (χ4n) is 0. The van der Waals surface area contributed by atoms with Crippen molar-refractivity contribution in [2.45, 2.75) is 0 Å². The predicted octanol–water partition coefficient (Wildman–Crippen LogP) is -1.20. The third kappa shape index (κ3) is 554. The SMILES string of the molecule is O=[N+]([O-])[O-].O=[N+]([O-])[O-].O=[N+]([O-])[O-].O=[N+]([O-])[O-].O=[N+]([O-])[O-].[Co+2].[Ir+3]. The number of hydrogen-bond donors (Lipinski definition) is 0. The second-order valence-electron chi connectivity index (χ2n) is 1.12. The van der Waals surface area contributed by atoms with Gasteiger partial charge in [0, 0.05) is 0 Å². The molecule has 0 rings (SSSR count). The molecule has 0 bridgehead atoms. The molecule has 0 saturated heterocycles. The summed E-state index contributed by atoms with van der Waals surface area (Å²) in [7, 11) is 0. The summed E-state index contributed by atoms with van der Waals surface area (Å²) in [6, 6.07) is 0. The average molecular weight is 561 g/mol. The summed E-state index contributed by atoms with van der Waals surface area (Å²) in [5.41, 5.74) is 0. The quantitative estimate of drug-likeness (QED) is 0.247. The second-order valence-corrected chi connectivity index (χ2v) is 1.12. The van der Waals surface area contributed by atoms with Crippen LogP contribution in [0.5, 0.6) is 0 Å². The van der Waals surface area contributed by atoms with E-state index in [1.165, 1.54) is 0 Å². The van der Waals surface area contributed by atoms with Gasteiger partial charge in [0.05, 0.1) is 25.4 Å². The zero-order valence-corrected chi connectivity index (χ0v) is 12.5. The smallest absolute Gasteiger partial charge is 0.356 e. The van der Waals surface area contributed by atoms with Gasteiger partial charge in [-0.2, -0.15) is 0 Å². The standard InChI is InChI=1S/Co.Ir.5NO3/c;;5*2-1(3)4/q+2;+3;5*-1. The summed E-state index contributed by atoms with van der Waals surface area (Å²) in [5, 5.41) is 73.8. The zero-order chi connectivity index (χ0) is 17.9. The normalized spacial score (nSPS) is 5.45. The molecule has 22 heavy (non-hydrogen) atoms. The second kappa shape index (κ2) is 36.2. The maximum absolute atomic E-state index is 8.25. The van der Waals surface area contributed by atoms with Gasteiger partial charge in [-0.3, -0.25) is 0 Å². The Morgan fingerprint density at radius 1 is 0.364 bits per heavy atom. The van der Waals surface area contributed by atoms with E-state index >= 15 is 0 Å². The third-order valence-electron chi connectivity index (χ3n) is 0. The minimum atomic E-state index is -1.75. The number of hydrogen-bond acceptors (Lipinski definition) is 15. The molecule has 20 nitrogen and oxygen atoms in total. The van der Waals surface area contributed by atoms with Gasteiger partial charge in [-0.25, -0.2) is 0 Å². The first-order valence-corrected chi connectivity index (χ1v) is 2.74. The Morgan fingerprint density at radius 3 is 0.364 bits per heavy atom. The van der Waals surface area contributed by atoms with E-state index < -0.39 is 25.4 Å². The van der Waals surface area contributed by atoms with Crippen LogP contribution in [0, 0.1) is 76.6 Å². The molecule has 0 aromatic heterocycles. The zero-order valence-electron chi connectivity index (χ0n) is 9.03. The van der Waals surface area contributed by atoms with Crippen LogP contribution >= 0.6 is 0 Å². The maximum atomic E-state index is 8.25. The van der Waals surface area contributed by atoms with Crippen LogP contribution in [0.2, 0.25) is 0 Å². The molecule has 22 heteroatoms. The van der Waals surface area contributed by atoms with E-state index in [0.29, 0.717) is 0 Å². The van der Waals surface area contributed by atoms with Gasteiger partial charge in [0.2, 0.25) is 0 Å². The van der Waals surface area contributed by atoms with E-state index in [-0.39, 0.29) is 36.9 Å². The van der Waals surface area contributed by atoms with Crippen molar-refractivity contribution in [3.63, 3.8) is 0 Å². The fraction of sp³-hybridized carbons (Fsp3) is 0. The maximum Gasteiger partial charge on any atom is 3.00 e. The van der Waals surface area contributed by atoms with E-state index in [9.17, 15) is 0 Å². The van der Waals surface area contributed by atoms with Gasteiger partial charge in [0.15, 0.2) is 0 Å². The first-order chi connectivity index (χ1) is 8.66. The topological polar surface area (TPSA) is 331 Å². The summed E-state index contributed by atoms with van der Waals surface area (Å²) in [6.45, 7) is 0. The Labute approximate surface area is 139 Å². The summed E-state index contributed by atoms with van der Waals surface area (Å²) in [6.07, 6.45) is 0. The molecule has 1 radical (unpaired) electrons. The van der Waals surface area contributed by atoms with Crippen LogP contribution in [0.3, 0.4) is 0 Å². The van der Waals surface area contributed by atoms with Crippen molar-refractivity contribution in [3.8, 4) is 0 Å². The van der Waals surface area contributed by atoms with Crippen molar-refractivity contribution < 1.29 is 62.3 Å². The van der Waals surface area contributed by atoms with Gasteiger partial charge in [-0.05, 0) is 0 Å². The monoisotopic (exact) mass is 562 g/mol. The van der Waals surface area contributed by atoms with Crippen molar-refractivity contribution in [1.82, 2.24) is 0 Å². The Morgan fingerprint density at radius 2 is 0.364 bits per heavy atom. The van der Waals surface area contributed by atoms with Gasteiger partial charge < -0.3 is 76.6 Å². The molecule has 0 N–H and O–H groups in total. The van der Waals surface area contributed by atoms with Crippen molar-refractivity contribution in [1.29, 1.82) is 0 Å². The van der Waals surface area contributed by atoms with Crippen LogP contribution in [0.4, 0.5) is 0 Å². The summed E-state index contributed by atoms with van der Waals surface area (Å²) in [5.74, 6) is 0. The summed E-state index contributed by atoms with van der Waals surface area (Å²) >= 11 is 0. The van der Waals surface area contributed by atoms with Crippen LogP contribution < -0.4 is 0 Å². The molecule has 0 atom stereocenters. The van der Waals surface area contributed by atoms with E-state index in [1.54, 1.807) is 0 Å². The molecular weight excluding hydrogens is 561 g/mol. The van der Waals surface area contributed by atoms with Gasteiger partial charge in [0.25, 0.3) is 0 Å². The molecule has 0 aliphatic carbocycles. The molecule has 133 valence electrons. The molecule has 0 saturated carbocycles. The average Bonchev–Trinajstić information content (AvgIpc) is 1.94. The molecule has 0 amide bonds. The molecule has 0 heterocycles. The molecule has 0 aromatic carbocycles. The summed E-state index contributed by atoms with van der Waals surface area (Å²) in [4.78, 5) is 41.2. The molecule has 0 unspecified atom stereocenters. The van der Waals surface area contributed by atoms with E-state index in [0.717, 1.165) is 0 Å². The molecule has 0 aliphatic heterocycles. The molecular formula is CoIrN5O15. The Balaban J connectivity index is -0.0000000250. The summed E-state index contributed by atoms with van der Waals surface area (Å²) < 4.78 is 0. The Kier molecular flexibility index (Phi) is 70.2. The van der Waals surface area contributed by atoms with E-state index in [4.69, 9.17) is 76.6 Å². The largest absolute Gasteiger partial charge is 3.00 e. The first-order valence-electron chi connectivity index (χ1n) is 2.74. The fourth-order valence-corrected chi connectivity index (χ4v) is 0. The van der Waals surface area contributed by atoms with Crippen LogP contribution in [0.25, 0.3) is 0 Å². The predicted molar refractivity (Wildman–Crippen MR) is 51.8 cm³/mol. The van der Waals surface area contributed by atoms with Crippen molar-refractivity contribution in [3.05, 3.63) is 76.6 Å². The van der Waals surface area contributed by atoms with E-state index in [1.807, 2.05) is 0 Å². The number of rotatable bonds is 0. The Bertz CT molecular complexity index is 213. The van der Waals surface area contributed by atoms with Crippen molar-refractivity contribution in [2.75, 3.05) is 0 Å². The van der Waals surface area contributed by atoms with Crippen LogP contribution in [-0.2, 0) is 36.9 Å². The molecule has 0 aromatic rings. The number of nitrogens with zero attached hydrogens (tertiary/aromatic N) is 5. The molecule has 0 fully saturated rings. The van der Waals surface area contributed by atoms with Gasteiger partial charge in [-0.15, -0.1) is 0 Å². The molecule has 0 spiro atoms. The third-order valence-corrected chi connectivity index (χ3v) is 0. The van der Waals surface area contributed by atoms with E-state index in [2.05, 4.69) is 0 Å². The van der Waals surface area contributed by atoms with Gasteiger partial charge in [0.1, 0.15) is 0 Å². The van der Waals surface area contributed by atoms with Gasteiger partial charge in [-0.1, -0.05) is 0 Å². The van der Waals surface area contributed by atoms with Crippen molar-refractivity contribution in [2.24, 2.45) is 0 Å². The van der Waals surface area contributed by atoms with Crippen molar-refractivity contribution >= 4 is 0 Å². The minimum Gasteiger partial charge on any atom is -0.356 e. The minimum absolute atomic E-state index is 0. The van der Waals surface area contributed by atoms with Crippen LogP contribution in [0.15, 0.2) is 0 Å². The Hall–Kier alpha value is -2.84. The van der Waals surface area contributed by atoms with Gasteiger partial charge >= 0.3 is 36.9 Å². The molecule has 0 aliphatic rings. The van der Waals surface area contributed by atoms with Crippen LogP contribution in [-0.4, -0.2) is 25.4 Å². The first kappa shape index (κ1) is 42.7.